The highest BCUT2D eigenvalue weighted by molar-refractivity contribution is 5.99. The molecule has 3 unspecified atom stereocenters. The van der Waals surface area contributed by atoms with Crippen molar-refractivity contribution in [2.24, 2.45) is 23.7 Å². The van der Waals surface area contributed by atoms with Crippen molar-refractivity contribution in [1.29, 1.82) is 0 Å². The highest BCUT2D eigenvalue weighted by Gasteiger charge is 2.30. The van der Waals surface area contributed by atoms with Crippen LogP contribution in [0.15, 0.2) is 23.3 Å². The SMILES string of the molecule is CCC.CCCC(CC1CC/C(CC(=O)CC(C)C)=C\C=C(\C)CC(=O)C1)C(CC)C(=O)CC(C)=O. The van der Waals surface area contributed by atoms with E-state index >= 15 is 0 Å². The molecule has 0 aliphatic heterocycles. The van der Waals surface area contributed by atoms with Crippen LogP contribution in [0.5, 0.6) is 0 Å². The lowest BCUT2D eigenvalue weighted by Crippen LogP contribution is -2.27. The van der Waals surface area contributed by atoms with Gasteiger partial charge >= 0.3 is 0 Å². The number of allylic oxidation sites excluding steroid dienone is 4. The quantitative estimate of drug-likeness (QED) is 0.237. The van der Waals surface area contributed by atoms with Crippen molar-refractivity contribution < 1.29 is 19.2 Å². The van der Waals surface area contributed by atoms with Gasteiger partial charge in [-0.2, -0.15) is 0 Å². The Morgan fingerprint density at radius 2 is 1.69 bits per heavy atom. The molecule has 4 heteroatoms. The molecule has 4 nitrogen and oxygen atoms in total. The second kappa shape index (κ2) is 19.3. The van der Waals surface area contributed by atoms with Gasteiger partial charge in [-0.3, -0.25) is 19.2 Å². The number of hydrogen-bond donors (Lipinski definition) is 0. The number of rotatable bonds is 13. The fourth-order valence-electron chi connectivity index (χ4n) is 5.21. The molecule has 0 saturated heterocycles. The van der Waals surface area contributed by atoms with Gasteiger partial charge in [0, 0.05) is 31.6 Å². The third kappa shape index (κ3) is 15.3. The Balaban J connectivity index is 0.00000387. The highest BCUT2D eigenvalue weighted by atomic mass is 16.1. The Labute approximate surface area is 221 Å². The maximum atomic E-state index is 12.8. The predicted octanol–water partition coefficient (Wildman–Crippen LogP) is 8.42. The van der Waals surface area contributed by atoms with Gasteiger partial charge in [0.2, 0.25) is 0 Å². The summed E-state index contributed by atoms with van der Waals surface area (Å²) in [6.45, 7) is 16.0. The first-order valence-electron chi connectivity index (χ1n) is 14.4. The third-order valence-corrected chi connectivity index (χ3v) is 6.67. The van der Waals surface area contributed by atoms with Crippen LogP contribution in [0.4, 0.5) is 0 Å². The van der Waals surface area contributed by atoms with Gasteiger partial charge in [0.15, 0.2) is 0 Å². The summed E-state index contributed by atoms with van der Waals surface area (Å²) in [6.07, 6.45) is 12.5. The Bertz CT molecular complexity index is 756. The Hall–Kier alpha value is -1.84. The molecule has 0 radical (unpaired) electrons. The molecule has 206 valence electrons. The summed E-state index contributed by atoms with van der Waals surface area (Å²) >= 11 is 0. The first-order chi connectivity index (χ1) is 17.0. The van der Waals surface area contributed by atoms with Gasteiger partial charge in [-0.25, -0.2) is 0 Å². The molecule has 0 spiro atoms. The summed E-state index contributed by atoms with van der Waals surface area (Å²) in [6, 6.07) is 0. The van der Waals surface area contributed by atoms with E-state index in [4.69, 9.17) is 0 Å². The van der Waals surface area contributed by atoms with Crippen LogP contribution < -0.4 is 0 Å². The van der Waals surface area contributed by atoms with E-state index in [0.29, 0.717) is 31.6 Å². The van der Waals surface area contributed by atoms with Crippen LogP contribution in [-0.4, -0.2) is 23.1 Å². The first-order valence-corrected chi connectivity index (χ1v) is 14.4. The van der Waals surface area contributed by atoms with E-state index in [1.165, 1.54) is 13.3 Å². The van der Waals surface area contributed by atoms with Gasteiger partial charge in [0.1, 0.15) is 23.1 Å². The lowest BCUT2D eigenvalue weighted by molar-refractivity contribution is -0.130. The minimum Gasteiger partial charge on any atom is -0.300 e. The molecule has 1 aliphatic carbocycles. The Morgan fingerprint density at radius 1 is 1.06 bits per heavy atom. The summed E-state index contributed by atoms with van der Waals surface area (Å²) in [7, 11) is 0. The van der Waals surface area contributed by atoms with E-state index in [9.17, 15) is 19.2 Å². The van der Waals surface area contributed by atoms with Gasteiger partial charge in [0.25, 0.3) is 0 Å². The molecule has 0 N–H and O–H groups in total. The molecular formula is C32H54O4. The maximum absolute atomic E-state index is 12.8. The Morgan fingerprint density at radius 3 is 2.22 bits per heavy atom. The minimum absolute atomic E-state index is 0.0111. The molecule has 0 aromatic heterocycles. The number of hydrogen-bond acceptors (Lipinski definition) is 4. The summed E-state index contributed by atoms with van der Waals surface area (Å²) in [5, 5.41) is 0. The number of carbonyl (C=O) groups excluding carboxylic acids is 4. The summed E-state index contributed by atoms with van der Waals surface area (Å²) in [4.78, 5) is 49.5. The van der Waals surface area contributed by atoms with Gasteiger partial charge in [0.05, 0.1) is 6.42 Å². The van der Waals surface area contributed by atoms with Crippen LogP contribution >= 0.6 is 0 Å². The largest absolute Gasteiger partial charge is 0.300 e. The molecule has 0 aromatic carbocycles. The van der Waals surface area contributed by atoms with Crippen LogP contribution in [-0.2, 0) is 19.2 Å². The summed E-state index contributed by atoms with van der Waals surface area (Å²) in [5.41, 5.74) is 2.17. The van der Waals surface area contributed by atoms with Gasteiger partial charge in [-0.05, 0) is 57.3 Å². The number of Topliss-reactive ketones (excluding diaryl/α,β-unsaturated/α-hetero) is 4. The van der Waals surface area contributed by atoms with E-state index in [1.807, 2.05) is 19.9 Å². The van der Waals surface area contributed by atoms with E-state index in [1.54, 1.807) is 0 Å². The molecule has 0 fully saturated rings. The van der Waals surface area contributed by atoms with Gasteiger partial charge < -0.3 is 0 Å². The molecule has 0 heterocycles. The van der Waals surface area contributed by atoms with Crippen molar-refractivity contribution in [2.45, 2.75) is 132 Å². The smallest absolute Gasteiger partial charge is 0.143 e. The summed E-state index contributed by atoms with van der Waals surface area (Å²) < 4.78 is 0. The fourth-order valence-corrected chi connectivity index (χ4v) is 5.21. The van der Waals surface area contributed by atoms with E-state index in [0.717, 1.165) is 49.7 Å². The minimum atomic E-state index is -0.122. The zero-order valence-electron chi connectivity index (χ0n) is 24.6. The standard InChI is InChI=1S/C29H46O4.C3H8/c1-7-9-25(28(8-2)29(33)16-22(6)30)17-24-13-12-23(18-26(31)14-20(3)4)11-10-21(5)15-27(32)19-24;1-3-2/h10-11,20,24-25,28H,7-9,12-19H2,1-6H3;3H2,1-2H3/b21-10-,23-11+;. The number of carbonyl (C=O) groups is 4. The molecule has 0 aromatic rings. The number of ketones is 4. The Kier molecular flexibility index (Phi) is 18.3. The van der Waals surface area contributed by atoms with Crippen molar-refractivity contribution in [1.82, 2.24) is 0 Å². The maximum Gasteiger partial charge on any atom is 0.143 e. The predicted molar refractivity (Wildman–Crippen MR) is 151 cm³/mol. The van der Waals surface area contributed by atoms with E-state index in [-0.39, 0.29) is 47.3 Å². The zero-order chi connectivity index (χ0) is 27.7. The van der Waals surface area contributed by atoms with Crippen LogP contribution in [0, 0.1) is 23.7 Å². The van der Waals surface area contributed by atoms with Crippen LogP contribution in [0.1, 0.15) is 132 Å². The van der Waals surface area contributed by atoms with Crippen molar-refractivity contribution in [3.8, 4) is 0 Å². The highest BCUT2D eigenvalue weighted by Crippen LogP contribution is 2.34. The van der Waals surface area contributed by atoms with Gasteiger partial charge in [-0.1, -0.05) is 84.1 Å². The van der Waals surface area contributed by atoms with Crippen LogP contribution in [0.3, 0.4) is 0 Å². The molecule has 0 amide bonds. The molecule has 1 aliphatic rings. The second-order valence-electron chi connectivity index (χ2n) is 11.3. The molecule has 1 rings (SSSR count). The molecule has 36 heavy (non-hydrogen) atoms. The lowest BCUT2D eigenvalue weighted by Gasteiger charge is -2.29. The van der Waals surface area contributed by atoms with Crippen molar-refractivity contribution in [3.05, 3.63) is 23.3 Å². The fraction of sp³-hybridized carbons (Fsp3) is 0.750. The van der Waals surface area contributed by atoms with Crippen molar-refractivity contribution >= 4 is 23.1 Å². The average Bonchev–Trinajstić information content (AvgIpc) is 2.75. The van der Waals surface area contributed by atoms with Crippen molar-refractivity contribution in [2.75, 3.05) is 0 Å². The van der Waals surface area contributed by atoms with Gasteiger partial charge in [-0.15, -0.1) is 0 Å². The first kappa shape index (κ1) is 34.2. The lowest BCUT2D eigenvalue weighted by atomic mass is 9.74. The third-order valence-electron chi connectivity index (χ3n) is 6.67. The molecule has 0 saturated carbocycles. The van der Waals surface area contributed by atoms with Crippen LogP contribution in [0.25, 0.3) is 0 Å². The monoisotopic (exact) mass is 502 g/mol. The summed E-state index contributed by atoms with van der Waals surface area (Å²) in [5.74, 6) is 1.12. The van der Waals surface area contributed by atoms with E-state index in [2.05, 4.69) is 40.7 Å². The van der Waals surface area contributed by atoms with Crippen LogP contribution in [0.2, 0.25) is 0 Å². The zero-order valence-corrected chi connectivity index (χ0v) is 24.6. The molecular weight excluding hydrogens is 448 g/mol. The normalized spacial score (nSPS) is 21.2. The topological polar surface area (TPSA) is 68.3 Å². The second-order valence-corrected chi connectivity index (χ2v) is 11.3. The van der Waals surface area contributed by atoms with E-state index < -0.39 is 0 Å². The molecule has 3 atom stereocenters. The molecule has 0 bridgehead atoms. The van der Waals surface area contributed by atoms with Crippen molar-refractivity contribution in [3.63, 3.8) is 0 Å². The average molecular weight is 503 g/mol.